The number of anilines is 1. The second-order valence-corrected chi connectivity index (χ2v) is 12.6. The van der Waals surface area contributed by atoms with Crippen molar-refractivity contribution in [1.29, 1.82) is 0 Å². The largest absolute Gasteiger partial charge is 0.497 e. The van der Waals surface area contributed by atoms with Crippen LogP contribution in [0.15, 0.2) is 114 Å². The molecule has 10 heteroatoms. The maximum Gasteiger partial charge on any atom is 0.264 e. The zero-order chi connectivity index (χ0) is 32.4. The SMILES string of the molecule is CC[C@@H](C)NC(=O)[C@@H](Cc1ccccc1)N(Cc1ccc(F)cc1)C(=O)CN(c1cccc(OC)c1)S(=O)(=O)c1ccccc1. The molecule has 1 N–H and O–H groups in total. The van der Waals surface area contributed by atoms with Crippen LogP contribution in [-0.4, -0.2) is 50.9 Å². The molecule has 0 radical (unpaired) electrons. The van der Waals surface area contributed by atoms with Gasteiger partial charge >= 0.3 is 0 Å². The predicted molar refractivity (Wildman–Crippen MR) is 173 cm³/mol. The molecule has 0 aliphatic heterocycles. The van der Waals surface area contributed by atoms with Crippen molar-refractivity contribution in [2.75, 3.05) is 18.0 Å². The smallest absolute Gasteiger partial charge is 0.264 e. The molecule has 0 aliphatic carbocycles. The fourth-order valence-corrected chi connectivity index (χ4v) is 6.22. The Morgan fingerprint density at radius 3 is 2.13 bits per heavy atom. The molecule has 0 unspecified atom stereocenters. The van der Waals surface area contributed by atoms with Crippen LogP contribution in [-0.2, 0) is 32.6 Å². The Balaban J connectivity index is 1.81. The van der Waals surface area contributed by atoms with Crippen molar-refractivity contribution in [1.82, 2.24) is 10.2 Å². The number of amides is 2. The Bertz CT molecular complexity index is 1670. The van der Waals surface area contributed by atoms with Gasteiger partial charge in [-0.1, -0.05) is 73.7 Å². The summed E-state index contributed by atoms with van der Waals surface area (Å²) in [6.07, 6.45) is 0.856. The van der Waals surface area contributed by atoms with Gasteiger partial charge < -0.3 is 15.0 Å². The lowest BCUT2D eigenvalue weighted by Crippen LogP contribution is -2.54. The molecule has 0 saturated heterocycles. The average molecular weight is 632 g/mol. The fraction of sp³-hybridized carbons (Fsp3) is 0.257. The second kappa shape index (κ2) is 15.3. The summed E-state index contributed by atoms with van der Waals surface area (Å²) in [4.78, 5) is 29.7. The van der Waals surface area contributed by atoms with E-state index >= 15 is 0 Å². The van der Waals surface area contributed by atoms with Crippen molar-refractivity contribution in [2.24, 2.45) is 0 Å². The second-order valence-electron chi connectivity index (χ2n) is 10.7. The lowest BCUT2D eigenvalue weighted by molar-refractivity contribution is -0.140. The van der Waals surface area contributed by atoms with E-state index in [1.807, 2.05) is 44.2 Å². The number of hydrogen-bond acceptors (Lipinski definition) is 5. The highest BCUT2D eigenvalue weighted by Gasteiger charge is 2.35. The summed E-state index contributed by atoms with van der Waals surface area (Å²) >= 11 is 0. The Morgan fingerprint density at radius 1 is 0.867 bits per heavy atom. The van der Waals surface area contributed by atoms with Crippen molar-refractivity contribution in [3.05, 3.63) is 126 Å². The minimum absolute atomic E-state index is 0.000976. The minimum Gasteiger partial charge on any atom is -0.497 e. The van der Waals surface area contributed by atoms with Crippen molar-refractivity contribution >= 4 is 27.5 Å². The number of methoxy groups -OCH3 is 1. The van der Waals surface area contributed by atoms with E-state index in [0.29, 0.717) is 17.7 Å². The van der Waals surface area contributed by atoms with Crippen LogP contribution in [0.2, 0.25) is 0 Å². The van der Waals surface area contributed by atoms with Crippen LogP contribution < -0.4 is 14.4 Å². The first-order valence-electron chi connectivity index (χ1n) is 14.7. The van der Waals surface area contributed by atoms with E-state index in [-0.39, 0.29) is 35.5 Å². The first-order valence-corrected chi connectivity index (χ1v) is 16.2. The number of sulfonamides is 1. The maximum absolute atomic E-state index is 14.5. The highest BCUT2D eigenvalue weighted by molar-refractivity contribution is 7.92. The summed E-state index contributed by atoms with van der Waals surface area (Å²) in [7, 11) is -2.77. The summed E-state index contributed by atoms with van der Waals surface area (Å²) in [6, 6.07) is 28.1. The van der Waals surface area contributed by atoms with E-state index in [0.717, 1.165) is 9.87 Å². The molecule has 0 spiro atoms. The maximum atomic E-state index is 14.5. The molecule has 0 aliphatic rings. The van der Waals surface area contributed by atoms with Crippen LogP contribution in [0, 0.1) is 5.82 Å². The van der Waals surface area contributed by atoms with Gasteiger partial charge in [-0.2, -0.15) is 0 Å². The topological polar surface area (TPSA) is 96.0 Å². The van der Waals surface area contributed by atoms with Gasteiger partial charge in [0.25, 0.3) is 10.0 Å². The first kappa shape index (κ1) is 33.2. The van der Waals surface area contributed by atoms with Gasteiger partial charge in [0.1, 0.15) is 24.2 Å². The third kappa shape index (κ3) is 8.69. The Labute approximate surface area is 264 Å². The minimum atomic E-state index is -4.23. The standard InChI is InChI=1S/C35H38FN3O5S/c1-4-26(2)37-35(41)33(22-27-12-7-5-8-13-27)38(24-28-18-20-29(36)21-19-28)34(40)25-39(30-14-11-15-31(23-30)44-3)45(42,43)32-16-9-6-10-17-32/h5-21,23,26,33H,4,22,24-25H2,1-3H3,(H,37,41)/t26-,33-/m1/s1. The van der Waals surface area contributed by atoms with Gasteiger partial charge in [-0.15, -0.1) is 0 Å². The number of rotatable bonds is 14. The molecule has 4 rings (SSSR count). The number of nitrogens with one attached hydrogen (secondary N) is 1. The van der Waals surface area contributed by atoms with E-state index in [9.17, 15) is 22.4 Å². The Kier molecular flexibility index (Phi) is 11.3. The number of nitrogens with zero attached hydrogens (tertiary/aromatic N) is 2. The van der Waals surface area contributed by atoms with Crippen LogP contribution in [0.1, 0.15) is 31.4 Å². The number of ether oxygens (including phenoxy) is 1. The van der Waals surface area contributed by atoms with Crippen LogP contribution in [0.25, 0.3) is 0 Å². The van der Waals surface area contributed by atoms with E-state index in [1.165, 1.54) is 42.3 Å². The number of benzene rings is 4. The van der Waals surface area contributed by atoms with Gasteiger partial charge in [0.15, 0.2) is 0 Å². The summed E-state index contributed by atoms with van der Waals surface area (Å²) in [5.74, 6) is -1.01. The summed E-state index contributed by atoms with van der Waals surface area (Å²) < 4.78 is 48.3. The van der Waals surface area contributed by atoms with Crippen LogP contribution in [0.5, 0.6) is 5.75 Å². The molecule has 0 heterocycles. The molecule has 0 fully saturated rings. The first-order chi connectivity index (χ1) is 21.6. The predicted octanol–water partition coefficient (Wildman–Crippen LogP) is 5.58. The number of carbonyl (C=O) groups excluding carboxylic acids is 2. The van der Waals surface area contributed by atoms with Gasteiger partial charge in [0.05, 0.1) is 17.7 Å². The lowest BCUT2D eigenvalue weighted by Gasteiger charge is -2.34. The molecule has 2 amide bonds. The van der Waals surface area contributed by atoms with Crippen LogP contribution >= 0.6 is 0 Å². The number of carbonyl (C=O) groups is 2. The lowest BCUT2D eigenvalue weighted by atomic mass is 10.0. The molecule has 0 aromatic heterocycles. The zero-order valence-electron chi connectivity index (χ0n) is 25.6. The molecule has 8 nitrogen and oxygen atoms in total. The van der Waals surface area contributed by atoms with Crippen molar-refractivity contribution < 1.29 is 27.1 Å². The number of hydrogen-bond donors (Lipinski definition) is 1. The monoisotopic (exact) mass is 631 g/mol. The van der Waals surface area contributed by atoms with E-state index in [4.69, 9.17) is 4.74 Å². The molecule has 0 bridgehead atoms. The molecule has 45 heavy (non-hydrogen) atoms. The molecule has 4 aromatic carbocycles. The third-order valence-electron chi connectivity index (χ3n) is 7.49. The van der Waals surface area contributed by atoms with E-state index in [2.05, 4.69) is 5.32 Å². The molecule has 4 aromatic rings. The average Bonchev–Trinajstić information content (AvgIpc) is 3.06. The van der Waals surface area contributed by atoms with E-state index in [1.54, 1.807) is 48.5 Å². The van der Waals surface area contributed by atoms with Gasteiger partial charge in [-0.25, -0.2) is 12.8 Å². The highest BCUT2D eigenvalue weighted by Crippen LogP contribution is 2.28. The quantitative estimate of drug-likeness (QED) is 0.196. The zero-order valence-corrected chi connectivity index (χ0v) is 26.4. The van der Waals surface area contributed by atoms with Crippen molar-refractivity contribution in [2.45, 2.75) is 50.2 Å². The summed E-state index contributed by atoms with van der Waals surface area (Å²) in [6.45, 7) is 3.16. The van der Waals surface area contributed by atoms with Gasteiger partial charge in [0.2, 0.25) is 11.8 Å². The third-order valence-corrected chi connectivity index (χ3v) is 9.28. The van der Waals surface area contributed by atoms with Crippen LogP contribution in [0.3, 0.4) is 0 Å². The number of halogens is 1. The highest BCUT2D eigenvalue weighted by atomic mass is 32.2. The van der Waals surface area contributed by atoms with Gasteiger partial charge in [0, 0.05) is 25.1 Å². The van der Waals surface area contributed by atoms with Gasteiger partial charge in [-0.3, -0.25) is 13.9 Å². The molecule has 2 atom stereocenters. The molecule has 0 saturated carbocycles. The van der Waals surface area contributed by atoms with Gasteiger partial charge in [-0.05, 0) is 60.9 Å². The molecule has 236 valence electrons. The molecular formula is C35H38FN3O5S. The summed E-state index contributed by atoms with van der Waals surface area (Å²) in [5, 5.41) is 3.00. The van der Waals surface area contributed by atoms with E-state index < -0.39 is 34.3 Å². The van der Waals surface area contributed by atoms with Crippen molar-refractivity contribution in [3.63, 3.8) is 0 Å². The van der Waals surface area contributed by atoms with Crippen LogP contribution in [0.4, 0.5) is 10.1 Å². The van der Waals surface area contributed by atoms with Crippen molar-refractivity contribution in [3.8, 4) is 5.75 Å². The molecular weight excluding hydrogens is 593 g/mol. The summed E-state index contributed by atoms with van der Waals surface area (Å²) in [5.41, 5.74) is 1.62. The fourth-order valence-electron chi connectivity index (χ4n) is 4.80. The normalized spacial score (nSPS) is 12.5. The Morgan fingerprint density at radius 2 is 1.51 bits per heavy atom. The Hall–Kier alpha value is -4.70.